The molecule has 0 radical (unpaired) electrons. The van der Waals surface area contributed by atoms with Crippen LogP contribution in [-0.4, -0.2) is 17.1 Å². The second kappa shape index (κ2) is 5.41. The van der Waals surface area contributed by atoms with Gasteiger partial charge in [0.1, 0.15) is 5.78 Å². The summed E-state index contributed by atoms with van der Waals surface area (Å²) >= 11 is 3.13. The predicted molar refractivity (Wildman–Crippen MR) is 37.7 cm³/mol. The van der Waals surface area contributed by atoms with Gasteiger partial charge < -0.3 is 9.90 Å². The van der Waals surface area contributed by atoms with Gasteiger partial charge in [0.25, 0.3) is 0 Å². The molecule has 0 heterocycles. The average Bonchev–Trinajstić information content (AvgIpc) is 1.82. The van der Waals surface area contributed by atoms with Gasteiger partial charge in [-0.05, 0) is 6.42 Å². The zero-order chi connectivity index (χ0) is 7.98. The number of Topliss-reactive ketones (excluding diaryl/α,β-unsaturated/α-hetero) is 1. The molecule has 0 N–H and O–H groups in total. The van der Waals surface area contributed by atoms with Crippen LogP contribution in [0.3, 0.4) is 0 Å². The number of carbonyl (C=O) groups is 2. The summed E-state index contributed by atoms with van der Waals surface area (Å²) in [6.45, 7) is 0. The lowest BCUT2D eigenvalue weighted by atomic mass is 10.2. The van der Waals surface area contributed by atoms with Gasteiger partial charge in [0.05, 0.1) is 0 Å². The Morgan fingerprint density at radius 3 is 2.40 bits per heavy atom. The lowest BCUT2D eigenvalue weighted by Crippen LogP contribution is -2.25. The van der Waals surface area contributed by atoms with Crippen molar-refractivity contribution in [3.05, 3.63) is 0 Å². The lowest BCUT2D eigenvalue weighted by Gasteiger charge is -1.98. The molecule has 0 saturated carbocycles. The summed E-state index contributed by atoms with van der Waals surface area (Å²) in [5.74, 6) is -1.56. The fourth-order valence-electron chi connectivity index (χ4n) is 0.513. The topological polar surface area (TPSA) is 57.2 Å². The maximum absolute atomic E-state index is 10.6. The predicted octanol–water partition coefficient (Wildman–Crippen LogP) is -0.129. The highest BCUT2D eigenvalue weighted by atomic mass is 79.9. The van der Waals surface area contributed by atoms with E-state index in [0.29, 0.717) is 12.8 Å². The molecule has 58 valence electrons. The van der Waals surface area contributed by atoms with Gasteiger partial charge in [0.15, 0.2) is 0 Å². The van der Waals surface area contributed by atoms with E-state index in [1.54, 1.807) is 0 Å². The number of hydrogen-bond acceptors (Lipinski definition) is 3. The van der Waals surface area contributed by atoms with Crippen LogP contribution in [0.2, 0.25) is 0 Å². The molecule has 0 aliphatic carbocycles. The van der Waals surface area contributed by atoms with Crippen LogP contribution in [0, 0.1) is 0 Å². The number of hydrogen-bond donors (Lipinski definition) is 0. The standard InChI is InChI=1S/C6H9BrO3/c7-3-1-2-5(8)4-6(9)10/h1-4H2,(H,9,10)/p-1. The number of carboxylic acids is 1. The van der Waals surface area contributed by atoms with Gasteiger partial charge in [-0.3, -0.25) is 4.79 Å². The van der Waals surface area contributed by atoms with Gasteiger partial charge in [0, 0.05) is 24.1 Å². The fraction of sp³-hybridized carbons (Fsp3) is 0.667. The molecule has 0 aromatic rings. The average molecular weight is 208 g/mol. The van der Waals surface area contributed by atoms with Crippen LogP contribution in [-0.2, 0) is 9.59 Å². The third-order valence-corrected chi connectivity index (χ3v) is 1.49. The quantitative estimate of drug-likeness (QED) is 0.467. The third-order valence-electron chi connectivity index (χ3n) is 0.931. The molecule has 0 bridgehead atoms. The summed E-state index contributed by atoms with van der Waals surface area (Å²) in [5, 5.41) is 10.6. The highest BCUT2D eigenvalue weighted by Gasteiger charge is 1.99. The summed E-state index contributed by atoms with van der Waals surface area (Å²) in [6, 6.07) is 0. The molecule has 0 aromatic heterocycles. The van der Waals surface area contributed by atoms with Crippen molar-refractivity contribution in [2.45, 2.75) is 19.3 Å². The van der Waals surface area contributed by atoms with Crippen LogP contribution in [0.1, 0.15) is 19.3 Å². The largest absolute Gasteiger partial charge is 0.550 e. The molecule has 0 aliphatic heterocycles. The first-order chi connectivity index (χ1) is 4.66. The first-order valence-electron chi connectivity index (χ1n) is 2.94. The number of carboxylic acid groups (broad SMARTS) is 1. The van der Waals surface area contributed by atoms with E-state index in [1.807, 2.05) is 0 Å². The maximum Gasteiger partial charge on any atom is 0.138 e. The molecule has 10 heavy (non-hydrogen) atoms. The van der Waals surface area contributed by atoms with E-state index in [2.05, 4.69) is 15.9 Å². The number of alkyl halides is 1. The van der Waals surface area contributed by atoms with Gasteiger partial charge in [0.2, 0.25) is 0 Å². The van der Waals surface area contributed by atoms with Gasteiger partial charge in [-0.15, -0.1) is 0 Å². The zero-order valence-electron chi connectivity index (χ0n) is 5.43. The SMILES string of the molecule is O=C([O-])CC(=O)CCCBr. The Labute approximate surface area is 67.5 Å². The summed E-state index contributed by atoms with van der Waals surface area (Å²) < 4.78 is 0. The van der Waals surface area contributed by atoms with Crippen LogP contribution in [0.5, 0.6) is 0 Å². The minimum atomic E-state index is -1.29. The molecule has 0 atom stereocenters. The molecule has 0 rings (SSSR count). The highest BCUT2D eigenvalue weighted by Crippen LogP contribution is 1.97. The summed E-state index contributed by atoms with van der Waals surface area (Å²) in [5.41, 5.74) is 0. The van der Waals surface area contributed by atoms with E-state index in [-0.39, 0.29) is 5.78 Å². The number of carbonyl (C=O) groups excluding carboxylic acids is 2. The Kier molecular flexibility index (Phi) is 5.20. The van der Waals surface area contributed by atoms with Crippen molar-refractivity contribution in [3.63, 3.8) is 0 Å². The Morgan fingerprint density at radius 1 is 1.40 bits per heavy atom. The lowest BCUT2D eigenvalue weighted by molar-refractivity contribution is -0.304. The van der Waals surface area contributed by atoms with E-state index >= 15 is 0 Å². The van der Waals surface area contributed by atoms with Crippen molar-refractivity contribution in [1.82, 2.24) is 0 Å². The molecule has 0 saturated heterocycles. The second-order valence-corrected chi connectivity index (χ2v) is 2.67. The first kappa shape index (κ1) is 9.62. The Bertz CT molecular complexity index is 133. The van der Waals surface area contributed by atoms with E-state index in [1.165, 1.54) is 0 Å². The van der Waals surface area contributed by atoms with E-state index in [4.69, 9.17) is 0 Å². The van der Waals surface area contributed by atoms with Crippen LogP contribution in [0.15, 0.2) is 0 Å². The molecule has 3 nitrogen and oxygen atoms in total. The summed E-state index contributed by atoms with van der Waals surface area (Å²) in [7, 11) is 0. The van der Waals surface area contributed by atoms with Crippen LogP contribution < -0.4 is 5.11 Å². The molecule has 0 aliphatic rings. The van der Waals surface area contributed by atoms with E-state index in [0.717, 1.165) is 5.33 Å². The minimum Gasteiger partial charge on any atom is -0.550 e. The molecule has 4 heteroatoms. The Balaban J connectivity index is 3.35. The van der Waals surface area contributed by atoms with Crippen molar-refractivity contribution < 1.29 is 14.7 Å². The molecule has 0 fully saturated rings. The number of halogens is 1. The molecule has 0 aromatic carbocycles. The first-order valence-corrected chi connectivity index (χ1v) is 4.06. The monoisotopic (exact) mass is 207 g/mol. The van der Waals surface area contributed by atoms with E-state index in [9.17, 15) is 14.7 Å². The van der Waals surface area contributed by atoms with Crippen molar-refractivity contribution in [3.8, 4) is 0 Å². The molecule has 0 spiro atoms. The normalized spacial score (nSPS) is 9.30. The third kappa shape index (κ3) is 5.75. The van der Waals surface area contributed by atoms with E-state index < -0.39 is 12.4 Å². The van der Waals surface area contributed by atoms with Gasteiger partial charge in [-0.2, -0.15) is 0 Å². The summed E-state index contributed by atoms with van der Waals surface area (Å²) in [6.07, 6.45) is 0.554. The fourth-order valence-corrected chi connectivity index (χ4v) is 0.794. The van der Waals surface area contributed by atoms with Gasteiger partial charge in [-0.25, -0.2) is 0 Å². The smallest absolute Gasteiger partial charge is 0.138 e. The van der Waals surface area contributed by atoms with Crippen molar-refractivity contribution in [1.29, 1.82) is 0 Å². The summed E-state index contributed by atoms with van der Waals surface area (Å²) in [4.78, 5) is 20.4. The maximum atomic E-state index is 10.6. The second-order valence-electron chi connectivity index (χ2n) is 1.88. The molecule has 0 unspecified atom stereocenters. The number of ketones is 1. The Morgan fingerprint density at radius 2 is 2.00 bits per heavy atom. The van der Waals surface area contributed by atoms with Crippen LogP contribution in [0.25, 0.3) is 0 Å². The van der Waals surface area contributed by atoms with Gasteiger partial charge in [-0.1, -0.05) is 15.9 Å². The van der Waals surface area contributed by atoms with Crippen LogP contribution >= 0.6 is 15.9 Å². The number of rotatable bonds is 5. The highest BCUT2D eigenvalue weighted by molar-refractivity contribution is 9.09. The minimum absolute atomic E-state index is 0.264. The molecular formula is C6H8BrO3-. The van der Waals surface area contributed by atoms with Crippen molar-refractivity contribution in [2.24, 2.45) is 0 Å². The Hall–Kier alpha value is -0.380. The van der Waals surface area contributed by atoms with Gasteiger partial charge >= 0.3 is 0 Å². The van der Waals surface area contributed by atoms with Crippen molar-refractivity contribution >= 4 is 27.7 Å². The zero-order valence-corrected chi connectivity index (χ0v) is 7.02. The number of aliphatic carboxylic acids is 1. The van der Waals surface area contributed by atoms with Crippen molar-refractivity contribution in [2.75, 3.05) is 5.33 Å². The molecular weight excluding hydrogens is 200 g/mol. The molecule has 0 amide bonds. The van der Waals surface area contributed by atoms with Crippen LogP contribution in [0.4, 0.5) is 0 Å².